The zero-order chi connectivity index (χ0) is 14.1. The van der Waals surface area contributed by atoms with E-state index in [4.69, 9.17) is 11.6 Å². The lowest BCUT2D eigenvalue weighted by molar-refractivity contribution is -0.115. The van der Waals surface area contributed by atoms with Crippen LogP contribution in [0, 0.1) is 6.92 Å². The lowest BCUT2D eigenvalue weighted by Gasteiger charge is -2.01. The minimum absolute atomic E-state index is 0.125. The topological polar surface area (TPSA) is 73.6 Å². The predicted molar refractivity (Wildman–Crippen MR) is 79.0 cm³/mol. The first-order valence-corrected chi connectivity index (χ1v) is 6.56. The molecule has 102 valence electrons. The molecule has 3 aromatic rings. The Morgan fingerprint density at radius 1 is 1.45 bits per heavy atom. The van der Waals surface area contributed by atoms with Crippen LogP contribution in [0.25, 0.3) is 10.9 Å². The van der Waals surface area contributed by atoms with Crippen LogP contribution in [0.1, 0.15) is 11.3 Å². The lowest BCUT2D eigenvalue weighted by atomic mass is 10.1. The summed E-state index contributed by atoms with van der Waals surface area (Å²) >= 11 is 5.99. The number of halogens is 1. The summed E-state index contributed by atoms with van der Waals surface area (Å²) in [5.74, 6) is 0.339. The van der Waals surface area contributed by atoms with Crippen LogP contribution in [0.3, 0.4) is 0 Å². The molecule has 3 N–H and O–H groups in total. The van der Waals surface area contributed by atoms with E-state index in [1.54, 1.807) is 6.20 Å². The first-order valence-electron chi connectivity index (χ1n) is 6.19. The van der Waals surface area contributed by atoms with E-state index in [-0.39, 0.29) is 12.3 Å². The van der Waals surface area contributed by atoms with Crippen LogP contribution in [0.4, 0.5) is 5.95 Å². The number of fused-ring (bicyclic) bond motifs is 1. The number of benzene rings is 1. The van der Waals surface area contributed by atoms with Crippen molar-refractivity contribution >= 4 is 34.4 Å². The number of amides is 1. The van der Waals surface area contributed by atoms with Gasteiger partial charge in [-0.15, -0.1) is 0 Å². The number of H-pyrrole nitrogens is 2. The van der Waals surface area contributed by atoms with Crippen molar-refractivity contribution in [2.24, 2.45) is 0 Å². The Kier molecular flexibility index (Phi) is 3.20. The molecule has 0 saturated carbocycles. The second-order valence-electron chi connectivity index (χ2n) is 4.64. The van der Waals surface area contributed by atoms with Gasteiger partial charge >= 0.3 is 0 Å². The molecule has 0 aliphatic carbocycles. The van der Waals surface area contributed by atoms with E-state index in [0.717, 1.165) is 22.2 Å². The molecule has 6 heteroatoms. The van der Waals surface area contributed by atoms with Crippen molar-refractivity contribution in [3.8, 4) is 0 Å². The van der Waals surface area contributed by atoms with E-state index in [0.29, 0.717) is 11.0 Å². The van der Waals surface area contributed by atoms with Crippen molar-refractivity contribution in [3.63, 3.8) is 0 Å². The van der Waals surface area contributed by atoms with E-state index in [1.807, 2.05) is 31.3 Å². The summed E-state index contributed by atoms with van der Waals surface area (Å²) in [5.41, 5.74) is 2.77. The van der Waals surface area contributed by atoms with E-state index >= 15 is 0 Å². The van der Waals surface area contributed by atoms with Gasteiger partial charge in [0.1, 0.15) is 0 Å². The fourth-order valence-electron chi connectivity index (χ4n) is 2.12. The van der Waals surface area contributed by atoms with E-state index in [1.165, 1.54) is 0 Å². The average Bonchev–Trinajstić information content (AvgIpc) is 2.97. The number of hydrogen-bond acceptors (Lipinski definition) is 2. The summed E-state index contributed by atoms with van der Waals surface area (Å²) in [6, 6.07) is 5.57. The SMILES string of the molecule is Cc1cnc(NC(=O)Cc2c[nH]c3ccc(Cl)cc23)[nH]1. The molecule has 2 heterocycles. The molecule has 0 spiro atoms. The molecule has 0 radical (unpaired) electrons. The van der Waals surface area contributed by atoms with Crippen LogP contribution < -0.4 is 5.32 Å². The summed E-state index contributed by atoms with van der Waals surface area (Å²) in [4.78, 5) is 22.1. The molecule has 3 rings (SSSR count). The molecule has 2 aromatic heterocycles. The monoisotopic (exact) mass is 288 g/mol. The van der Waals surface area contributed by atoms with Crippen LogP contribution >= 0.6 is 11.6 Å². The Labute approximate surface area is 120 Å². The van der Waals surface area contributed by atoms with Gasteiger partial charge in [0.05, 0.1) is 6.42 Å². The van der Waals surface area contributed by atoms with E-state index in [2.05, 4.69) is 20.3 Å². The highest BCUT2D eigenvalue weighted by atomic mass is 35.5. The molecule has 1 aromatic carbocycles. The summed E-state index contributed by atoms with van der Waals surface area (Å²) in [6.45, 7) is 1.88. The van der Waals surface area contributed by atoms with Gasteiger partial charge in [-0.3, -0.25) is 10.1 Å². The molecule has 0 bridgehead atoms. The van der Waals surface area contributed by atoms with Gasteiger partial charge in [-0.1, -0.05) is 11.6 Å². The number of aromatic nitrogens is 3. The van der Waals surface area contributed by atoms with Crippen LogP contribution in [0.5, 0.6) is 0 Å². The number of anilines is 1. The molecule has 1 amide bonds. The molecule has 0 saturated heterocycles. The number of rotatable bonds is 3. The molecule has 5 nitrogen and oxygen atoms in total. The highest BCUT2D eigenvalue weighted by Gasteiger charge is 2.10. The van der Waals surface area contributed by atoms with Crippen molar-refractivity contribution in [2.45, 2.75) is 13.3 Å². The second kappa shape index (κ2) is 5.02. The third-order valence-corrected chi connectivity index (χ3v) is 3.28. The first kappa shape index (κ1) is 12.7. The quantitative estimate of drug-likeness (QED) is 0.693. The third-order valence-electron chi connectivity index (χ3n) is 3.04. The van der Waals surface area contributed by atoms with Gasteiger partial charge in [-0.25, -0.2) is 4.98 Å². The van der Waals surface area contributed by atoms with Gasteiger partial charge in [0.2, 0.25) is 11.9 Å². The van der Waals surface area contributed by atoms with Gasteiger partial charge in [0, 0.05) is 34.0 Å². The number of hydrogen-bond donors (Lipinski definition) is 3. The zero-order valence-corrected chi connectivity index (χ0v) is 11.6. The maximum absolute atomic E-state index is 12.0. The molecule has 0 atom stereocenters. The van der Waals surface area contributed by atoms with Crippen LogP contribution in [0.15, 0.2) is 30.6 Å². The van der Waals surface area contributed by atoms with E-state index < -0.39 is 0 Å². The highest BCUT2D eigenvalue weighted by molar-refractivity contribution is 6.31. The minimum atomic E-state index is -0.125. The van der Waals surface area contributed by atoms with Crippen molar-refractivity contribution in [1.29, 1.82) is 0 Å². The number of imidazole rings is 1. The summed E-state index contributed by atoms with van der Waals surface area (Å²) < 4.78 is 0. The van der Waals surface area contributed by atoms with Crippen LogP contribution in [-0.4, -0.2) is 20.9 Å². The fourth-order valence-corrected chi connectivity index (χ4v) is 2.29. The Morgan fingerprint density at radius 2 is 2.30 bits per heavy atom. The number of nitrogens with zero attached hydrogens (tertiary/aromatic N) is 1. The van der Waals surface area contributed by atoms with Crippen molar-refractivity contribution in [2.75, 3.05) is 5.32 Å². The number of aromatic amines is 2. The Morgan fingerprint density at radius 3 is 3.05 bits per heavy atom. The van der Waals surface area contributed by atoms with Crippen molar-refractivity contribution in [1.82, 2.24) is 15.0 Å². The number of carbonyl (C=O) groups is 1. The third kappa shape index (κ3) is 2.53. The smallest absolute Gasteiger partial charge is 0.231 e. The summed E-state index contributed by atoms with van der Waals surface area (Å²) in [7, 11) is 0. The summed E-state index contributed by atoms with van der Waals surface area (Å²) in [6.07, 6.45) is 3.76. The number of aryl methyl sites for hydroxylation is 1. The normalized spacial score (nSPS) is 10.9. The summed E-state index contributed by atoms with van der Waals surface area (Å²) in [5, 5.41) is 4.34. The largest absolute Gasteiger partial charge is 0.361 e. The van der Waals surface area contributed by atoms with Crippen molar-refractivity contribution < 1.29 is 4.79 Å². The second-order valence-corrected chi connectivity index (χ2v) is 5.08. The van der Waals surface area contributed by atoms with Crippen LogP contribution in [0.2, 0.25) is 5.02 Å². The Balaban J connectivity index is 1.79. The zero-order valence-electron chi connectivity index (χ0n) is 10.8. The van der Waals surface area contributed by atoms with Crippen LogP contribution in [-0.2, 0) is 11.2 Å². The number of nitrogens with one attached hydrogen (secondary N) is 3. The first-order chi connectivity index (χ1) is 9.61. The molecule has 0 aliphatic heterocycles. The molecular formula is C14H13ClN4O. The maximum atomic E-state index is 12.0. The molecule has 20 heavy (non-hydrogen) atoms. The van der Waals surface area contributed by atoms with Gasteiger partial charge in [-0.2, -0.15) is 0 Å². The Bertz CT molecular complexity index is 774. The Hall–Kier alpha value is -2.27. The van der Waals surface area contributed by atoms with E-state index in [9.17, 15) is 4.79 Å². The molecule has 0 aliphatic rings. The average molecular weight is 289 g/mol. The number of carbonyl (C=O) groups excluding carboxylic acids is 1. The molecule has 0 unspecified atom stereocenters. The van der Waals surface area contributed by atoms with Crippen molar-refractivity contribution in [3.05, 3.63) is 46.9 Å². The van der Waals surface area contributed by atoms with Gasteiger partial charge in [0.15, 0.2) is 0 Å². The lowest BCUT2D eigenvalue weighted by Crippen LogP contribution is -2.15. The highest BCUT2D eigenvalue weighted by Crippen LogP contribution is 2.22. The maximum Gasteiger partial charge on any atom is 0.231 e. The van der Waals surface area contributed by atoms with Gasteiger partial charge in [-0.05, 0) is 30.7 Å². The molecular weight excluding hydrogens is 276 g/mol. The predicted octanol–water partition coefficient (Wildman–Crippen LogP) is 3.03. The van der Waals surface area contributed by atoms with Gasteiger partial charge in [0.25, 0.3) is 0 Å². The molecule has 0 fully saturated rings. The standard InChI is InChI=1S/C14H13ClN4O/c1-8-6-17-14(18-8)19-13(20)4-9-7-16-12-3-2-10(15)5-11(9)12/h2-3,5-7,16H,4H2,1H3,(H2,17,18,19,20). The fraction of sp³-hybridized carbons (Fsp3) is 0.143. The minimum Gasteiger partial charge on any atom is -0.361 e. The van der Waals surface area contributed by atoms with Gasteiger partial charge < -0.3 is 9.97 Å².